The fourth-order valence-corrected chi connectivity index (χ4v) is 2.16. The lowest BCUT2D eigenvalue weighted by Crippen LogP contribution is -2.25. The van der Waals surface area contributed by atoms with Gasteiger partial charge in [0.05, 0.1) is 12.3 Å². The number of hydrogen-bond donors (Lipinski definition) is 0. The van der Waals surface area contributed by atoms with E-state index >= 15 is 0 Å². The number of aldehydes is 1. The van der Waals surface area contributed by atoms with E-state index in [1.54, 1.807) is 29.8 Å². The van der Waals surface area contributed by atoms with E-state index in [1.807, 2.05) is 30.3 Å². The summed E-state index contributed by atoms with van der Waals surface area (Å²) in [5, 5.41) is 0. The molecule has 0 amide bonds. The van der Waals surface area contributed by atoms with Gasteiger partial charge < -0.3 is 9.30 Å². The minimum atomic E-state index is -0.521. The second-order valence-corrected chi connectivity index (χ2v) is 4.42. The van der Waals surface area contributed by atoms with E-state index in [0.717, 1.165) is 11.8 Å². The largest absolute Gasteiger partial charge is 0.464 e. The third kappa shape index (κ3) is 3.15. The molecule has 0 aliphatic heterocycles. The minimum Gasteiger partial charge on any atom is -0.464 e. The molecule has 2 rings (SSSR count). The summed E-state index contributed by atoms with van der Waals surface area (Å²) in [6.45, 7) is 2.09. The molecule has 2 aromatic rings. The molecule has 0 bridgehead atoms. The Morgan fingerprint density at radius 1 is 1.25 bits per heavy atom. The van der Waals surface area contributed by atoms with Gasteiger partial charge in [-0.3, -0.25) is 4.79 Å². The maximum absolute atomic E-state index is 12.2. The zero-order valence-corrected chi connectivity index (χ0v) is 11.4. The van der Waals surface area contributed by atoms with Crippen molar-refractivity contribution in [3.63, 3.8) is 0 Å². The monoisotopic (exact) mass is 271 g/mol. The summed E-state index contributed by atoms with van der Waals surface area (Å²) in [4.78, 5) is 23.2. The van der Waals surface area contributed by atoms with Crippen molar-refractivity contribution in [3.05, 3.63) is 59.9 Å². The van der Waals surface area contributed by atoms with Crippen LogP contribution in [0.4, 0.5) is 0 Å². The number of nitrogens with zero attached hydrogens (tertiary/aromatic N) is 1. The van der Waals surface area contributed by atoms with Crippen molar-refractivity contribution in [2.24, 2.45) is 0 Å². The molecular weight excluding hydrogens is 254 g/mol. The van der Waals surface area contributed by atoms with Crippen molar-refractivity contribution >= 4 is 12.3 Å². The summed E-state index contributed by atoms with van der Waals surface area (Å²) in [6.07, 6.45) is 2.97. The highest BCUT2D eigenvalue weighted by molar-refractivity contribution is 5.78. The molecule has 1 unspecified atom stereocenters. The summed E-state index contributed by atoms with van der Waals surface area (Å²) in [6, 6.07) is 12.6. The Morgan fingerprint density at radius 2 is 2.00 bits per heavy atom. The smallest absolute Gasteiger partial charge is 0.329 e. The number of carbonyl (C=O) groups is 2. The van der Waals surface area contributed by atoms with Crippen molar-refractivity contribution in [2.45, 2.75) is 19.4 Å². The number of rotatable bonds is 6. The van der Waals surface area contributed by atoms with Crippen LogP contribution in [-0.4, -0.2) is 23.4 Å². The highest BCUT2D eigenvalue weighted by atomic mass is 16.5. The van der Waals surface area contributed by atoms with Crippen LogP contribution in [0.3, 0.4) is 0 Å². The highest BCUT2D eigenvalue weighted by Crippen LogP contribution is 2.18. The number of ether oxygens (including phenoxy) is 1. The van der Waals surface area contributed by atoms with Gasteiger partial charge in [0.15, 0.2) is 6.29 Å². The summed E-state index contributed by atoms with van der Waals surface area (Å²) in [5.74, 6) is -0.323. The molecule has 104 valence electrons. The predicted octanol–water partition coefficient (Wildman–Crippen LogP) is 2.65. The Bertz CT molecular complexity index is 574. The molecular formula is C16H17NO3. The summed E-state index contributed by atoms with van der Waals surface area (Å²) < 4.78 is 6.79. The molecule has 1 aromatic carbocycles. The topological polar surface area (TPSA) is 48.3 Å². The molecule has 1 aromatic heterocycles. The minimum absolute atomic E-state index is 0.321. The second-order valence-electron chi connectivity index (χ2n) is 4.42. The first-order valence-electron chi connectivity index (χ1n) is 6.58. The molecule has 0 saturated carbocycles. The molecule has 0 spiro atoms. The lowest BCUT2D eigenvalue weighted by molar-refractivity contribution is -0.147. The summed E-state index contributed by atoms with van der Waals surface area (Å²) >= 11 is 0. The predicted molar refractivity (Wildman–Crippen MR) is 75.6 cm³/mol. The maximum atomic E-state index is 12.2. The van der Waals surface area contributed by atoms with Gasteiger partial charge in [-0.15, -0.1) is 0 Å². The number of aromatic nitrogens is 1. The molecule has 4 heteroatoms. The fraction of sp³-hybridized carbons (Fsp3) is 0.250. The zero-order chi connectivity index (χ0) is 14.4. The van der Waals surface area contributed by atoms with Gasteiger partial charge in [0.25, 0.3) is 0 Å². The molecule has 0 saturated heterocycles. The van der Waals surface area contributed by atoms with Gasteiger partial charge >= 0.3 is 5.97 Å². The number of esters is 1. The fourth-order valence-electron chi connectivity index (χ4n) is 2.16. The molecule has 0 radical (unpaired) electrons. The van der Waals surface area contributed by atoms with Crippen LogP contribution in [0, 0.1) is 0 Å². The van der Waals surface area contributed by atoms with Gasteiger partial charge in [-0.2, -0.15) is 0 Å². The summed E-state index contributed by atoms with van der Waals surface area (Å²) in [5.41, 5.74) is 1.50. The lowest BCUT2D eigenvalue weighted by Gasteiger charge is -2.19. The van der Waals surface area contributed by atoms with E-state index < -0.39 is 6.04 Å². The van der Waals surface area contributed by atoms with E-state index in [2.05, 4.69) is 0 Å². The maximum Gasteiger partial charge on any atom is 0.329 e. The van der Waals surface area contributed by atoms with Crippen LogP contribution in [-0.2, 0) is 16.0 Å². The van der Waals surface area contributed by atoms with Gasteiger partial charge in [-0.1, -0.05) is 30.3 Å². The first-order chi connectivity index (χ1) is 9.76. The molecule has 0 aliphatic rings. The Kier molecular flexibility index (Phi) is 4.71. The normalized spacial score (nSPS) is 11.8. The Morgan fingerprint density at radius 3 is 2.65 bits per heavy atom. The number of hydrogen-bond acceptors (Lipinski definition) is 3. The van der Waals surface area contributed by atoms with Crippen molar-refractivity contribution in [2.75, 3.05) is 6.61 Å². The lowest BCUT2D eigenvalue weighted by atomic mass is 10.1. The molecule has 0 aliphatic carbocycles. The average molecular weight is 271 g/mol. The zero-order valence-electron chi connectivity index (χ0n) is 11.4. The van der Waals surface area contributed by atoms with Crippen LogP contribution in [0.25, 0.3) is 0 Å². The summed E-state index contributed by atoms with van der Waals surface area (Å²) in [7, 11) is 0. The van der Waals surface area contributed by atoms with Crippen molar-refractivity contribution in [3.8, 4) is 0 Å². The third-order valence-electron chi connectivity index (χ3n) is 3.10. The third-order valence-corrected chi connectivity index (χ3v) is 3.10. The molecule has 1 heterocycles. The van der Waals surface area contributed by atoms with Gasteiger partial charge in [0.1, 0.15) is 6.04 Å². The van der Waals surface area contributed by atoms with E-state index in [1.165, 1.54) is 0 Å². The Balaban J connectivity index is 2.30. The van der Waals surface area contributed by atoms with E-state index in [0.29, 0.717) is 18.7 Å². The molecule has 4 nitrogen and oxygen atoms in total. The number of benzene rings is 1. The van der Waals surface area contributed by atoms with E-state index in [4.69, 9.17) is 4.74 Å². The van der Waals surface area contributed by atoms with E-state index in [-0.39, 0.29) is 5.97 Å². The highest BCUT2D eigenvalue weighted by Gasteiger charge is 2.23. The molecule has 0 N–H and O–H groups in total. The van der Waals surface area contributed by atoms with Crippen LogP contribution < -0.4 is 0 Å². The van der Waals surface area contributed by atoms with Crippen LogP contribution in [0.5, 0.6) is 0 Å². The first kappa shape index (κ1) is 14.1. The van der Waals surface area contributed by atoms with Gasteiger partial charge in [-0.05, 0) is 24.6 Å². The van der Waals surface area contributed by atoms with Gasteiger partial charge in [-0.25, -0.2) is 4.79 Å². The average Bonchev–Trinajstić information content (AvgIpc) is 2.94. The standard InChI is InChI=1S/C16H17NO3/c1-2-20-16(19)15(11-13-7-4-3-5-8-13)17-10-6-9-14(17)12-18/h3-10,12,15H,2,11H2,1H3. The second kappa shape index (κ2) is 6.70. The van der Waals surface area contributed by atoms with Crippen molar-refractivity contribution in [1.29, 1.82) is 0 Å². The van der Waals surface area contributed by atoms with Crippen molar-refractivity contribution in [1.82, 2.24) is 4.57 Å². The SMILES string of the molecule is CCOC(=O)C(Cc1ccccc1)n1cccc1C=O. The van der Waals surface area contributed by atoms with Gasteiger partial charge in [0, 0.05) is 12.6 Å². The quantitative estimate of drug-likeness (QED) is 0.599. The Labute approximate surface area is 118 Å². The first-order valence-corrected chi connectivity index (χ1v) is 6.58. The molecule has 20 heavy (non-hydrogen) atoms. The molecule has 0 fully saturated rings. The van der Waals surface area contributed by atoms with Crippen LogP contribution >= 0.6 is 0 Å². The number of carbonyl (C=O) groups excluding carboxylic acids is 2. The van der Waals surface area contributed by atoms with Gasteiger partial charge in [0.2, 0.25) is 0 Å². The van der Waals surface area contributed by atoms with Crippen molar-refractivity contribution < 1.29 is 14.3 Å². The van der Waals surface area contributed by atoms with Crippen LogP contribution in [0.2, 0.25) is 0 Å². The van der Waals surface area contributed by atoms with Crippen LogP contribution in [0.1, 0.15) is 29.0 Å². The molecule has 1 atom stereocenters. The Hall–Kier alpha value is -2.36. The van der Waals surface area contributed by atoms with E-state index in [9.17, 15) is 9.59 Å². The van der Waals surface area contributed by atoms with Crippen LogP contribution in [0.15, 0.2) is 48.7 Å².